The van der Waals surface area contributed by atoms with Crippen LogP contribution in [0.15, 0.2) is 0 Å². The van der Waals surface area contributed by atoms with Gasteiger partial charge in [-0.3, -0.25) is 0 Å². The average Bonchev–Trinajstić information content (AvgIpc) is 2.02. The van der Waals surface area contributed by atoms with Gasteiger partial charge in [-0.05, 0) is 12.8 Å². The zero-order valence-corrected chi connectivity index (χ0v) is 9.06. The largest absolute Gasteiger partial charge is 0.335 e. The van der Waals surface area contributed by atoms with E-state index in [1.54, 1.807) is 0 Å². The highest BCUT2D eigenvalue weighted by atomic mass is 32.2. The lowest BCUT2D eigenvalue weighted by atomic mass is 9.96. The Morgan fingerprint density at radius 1 is 1.21 bits per heavy atom. The first-order valence-electron chi connectivity index (χ1n) is 4.76. The number of carbonyl (C=O) groups is 1. The summed E-state index contributed by atoms with van der Waals surface area (Å²) in [6.45, 7) is 0. The van der Waals surface area contributed by atoms with Crippen molar-refractivity contribution in [1.82, 2.24) is 10.0 Å². The summed E-state index contributed by atoms with van der Waals surface area (Å²) >= 11 is 0. The standard InChI is InChI=1S/C8H16N2O3S/c1-14(12,13)10-8(11)9-7-5-3-2-4-6-7/h7H,2-6H2,1H3,(H2,9,10,11). The van der Waals surface area contributed by atoms with Crippen molar-refractivity contribution in [3.8, 4) is 0 Å². The van der Waals surface area contributed by atoms with Gasteiger partial charge in [0.25, 0.3) is 0 Å². The summed E-state index contributed by atoms with van der Waals surface area (Å²) in [6.07, 6.45) is 6.25. The molecule has 6 heteroatoms. The smallest absolute Gasteiger partial charge is 0.328 e. The van der Waals surface area contributed by atoms with Crippen molar-refractivity contribution in [3.05, 3.63) is 0 Å². The lowest BCUT2D eigenvalue weighted by Gasteiger charge is -2.22. The molecule has 2 amide bonds. The molecule has 0 spiro atoms. The number of rotatable bonds is 2. The van der Waals surface area contributed by atoms with Crippen molar-refractivity contribution in [3.63, 3.8) is 0 Å². The van der Waals surface area contributed by atoms with Crippen LogP contribution < -0.4 is 10.0 Å². The molecule has 1 rings (SSSR count). The molecule has 0 aromatic carbocycles. The fraction of sp³-hybridized carbons (Fsp3) is 0.875. The Morgan fingerprint density at radius 3 is 2.29 bits per heavy atom. The summed E-state index contributed by atoms with van der Waals surface area (Å²) in [5, 5.41) is 2.65. The number of sulfonamides is 1. The molecule has 0 saturated heterocycles. The van der Waals surface area contributed by atoms with Crippen molar-refractivity contribution in [2.45, 2.75) is 38.1 Å². The van der Waals surface area contributed by atoms with Crippen LogP contribution in [-0.4, -0.2) is 26.7 Å². The van der Waals surface area contributed by atoms with Crippen LogP contribution in [0.1, 0.15) is 32.1 Å². The van der Waals surface area contributed by atoms with E-state index in [0.29, 0.717) is 0 Å². The zero-order valence-electron chi connectivity index (χ0n) is 8.25. The van der Waals surface area contributed by atoms with Gasteiger partial charge in [-0.15, -0.1) is 0 Å². The van der Waals surface area contributed by atoms with E-state index in [0.717, 1.165) is 31.9 Å². The molecule has 1 aliphatic rings. The highest BCUT2D eigenvalue weighted by Gasteiger charge is 2.16. The second-order valence-corrected chi connectivity index (χ2v) is 5.43. The van der Waals surface area contributed by atoms with Crippen LogP contribution in [-0.2, 0) is 10.0 Å². The Bertz CT molecular complexity index is 294. The van der Waals surface area contributed by atoms with Gasteiger partial charge in [-0.25, -0.2) is 17.9 Å². The first-order valence-corrected chi connectivity index (χ1v) is 6.65. The molecule has 0 unspecified atom stereocenters. The summed E-state index contributed by atoms with van der Waals surface area (Å²) in [4.78, 5) is 11.1. The van der Waals surface area contributed by atoms with Crippen molar-refractivity contribution in [1.29, 1.82) is 0 Å². The van der Waals surface area contributed by atoms with E-state index in [1.165, 1.54) is 6.42 Å². The molecule has 0 heterocycles. The monoisotopic (exact) mass is 220 g/mol. The summed E-state index contributed by atoms with van der Waals surface area (Å²) in [5.41, 5.74) is 0. The van der Waals surface area contributed by atoms with Gasteiger partial charge in [-0.1, -0.05) is 19.3 Å². The van der Waals surface area contributed by atoms with Gasteiger partial charge in [0.2, 0.25) is 10.0 Å². The molecule has 0 aromatic rings. The third kappa shape index (κ3) is 4.45. The molecule has 0 aliphatic heterocycles. The quantitative estimate of drug-likeness (QED) is 0.714. The molecule has 5 nitrogen and oxygen atoms in total. The van der Waals surface area contributed by atoms with Crippen LogP contribution in [0, 0.1) is 0 Å². The molecule has 82 valence electrons. The van der Waals surface area contributed by atoms with Crippen LogP contribution in [0.2, 0.25) is 0 Å². The lowest BCUT2D eigenvalue weighted by Crippen LogP contribution is -2.44. The van der Waals surface area contributed by atoms with E-state index >= 15 is 0 Å². The maximum atomic E-state index is 11.1. The summed E-state index contributed by atoms with van der Waals surface area (Å²) in [7, 11) is -3.44. The molecule has 0 bridgehead atoms. The minimum absolute atomic E-state index is 0.130. The minimum atomic E-state index is -3.44. The predicted octanol–water partition coefficient (Wildman–Crippen LogP) is 0.578. The normalized spacial score (nSPS) is 18.9. The first kappa shape index (κ1) is 11.3. The SMILES string of the molecule is CS(=O)(=O)NC(=O)NC1CCCCC1. The summed E-state index contributed by atoms with van der Waals surface area (Å²) in [6, 6.07) is -0.482. The molecule has 0 aromatic heterocycles. The Hall–Kier alpha value is -0.780. The second-order valence-electron chi connectivity index (χ2n) is 3.68. The van der Waals surface area contributed by atoms with Crippen LogP contribution in [0.25, 0.3) is 0 Å². The molecule has 0 radical (unpaired) electrons. The van der Waals surface area contributed by atoms with E-state index < -0.39 is 16.1 Å². The van der Waals surface area contributed by atoms with E-state index in [9.17, 15) is 13.2 Å². The van der Waals surface area contributed by atoms with Crippen LogP contribution in [0.3, 0.4) is 0 Å². The fourth-order valence-electron chi connectivity index (χ4n) is 1.63. The van der Waals surface area contributed by atoms with Crippen molar-refractivity contribution in [2.24, 2.45) is 0 Å². The molecule has 0 atom stereocenters. The van der Waals surface area contributed by atoms with Gasteiger partial charge in [0.05, 0.1) is 6.26 Å². The van der Waals surface area contributed by atoms with E-state index in [-0.39, 0.29) is 6.04 Å². The Labute approximate surface area is 84.3 Å². The van der Waals surface area contributed by atoms with Gasteiger partial charge in [0.15, 0.2) is 0 Å². The fourth-order valence-corrected chi connectivity index (χ4v) is 2.03. The van der Waals surface area contributed by atoms with Gasteiger partial charge in [0.1, 0.15) is 0 Å². The average molecular weight is 220 g/mol. The van der Waals surface area contributed by atoms with Gasteiger partial charge < -0.3 is 5.32 Å². The number of urea groups is 1. The van der Waals surface area contributed by atoms with E-state index in [4.69, 9.17) is 0 Å². The van der Waals surface area contributed by atoms with Crippen LogP contribution in [0.5, 0.6) is 0 Å². The second kappa shape index (κ2) is 4.63. The molecule has 1 saturated carbocycles. The van der Waals surface area contributed by atoms with E-state index in [2.05, 4.69) is 5.32 Å². The van der Waals surface area contributed by atoms with E-state index in [1.807, 2.05) is 4.72 Å². The van der Waals surface area contributed by atoms with Crippen molar-refractivity contribution < 1.29 is 13.2 Å². The highest BCUT2D eigenvalue weighted by Crippen LogP contribution is 2.17. The van der Waals surface area contributed by atoms with Crippen molar-refractivity contribution >= 4 is 16.1 Å². The molecule has 1 fully saturated rings. The number of amides is 2. The topological polar surface area (TPSA) is 75.3 Å². The molecular weight excluding hydrogens is 204 g/mol. The molecule has 1 aliphatic carbocycles. The summed E-state index contributed by atoms with van der Waals surface area (Å²) < 4.78 is 23.3. The van der Waals surface area contributed by atoms with Crippen molar-refractivity contribution in [2.75, 3.05) is 6.26 Å². The third-order valence-corrected chi connectivity index (χ3v) is 2.77. The molecule has 2 N–H and O–H groups in total. The lowest BCUT2D eigenvalue weighted by molar-refractivity contribution is 0.238. The Balaban J connectivity index is 2.32. The maximum absolute atomic E-state index is 11.1. The Morgan fingerprint density at radius 2 is 1.79 bits per heavy atom. The highest BCUT2D eigenvalue weighted by molar-refractivity contribution is 7.89. The zero-order chi connectivity index (χ0) is 10.6. The minimum Gasteiger partial charge on any atom is -0.335 e. The number of nitrogens with one attached hydrogen (secondary N) is 2. The molecular formula is C8H16N2O3S. The number of carbonyl (C=O) groups excluding carboxylic acids is 1. The Kier molecular flexibility index (Phi) is 3.74. The number of hydrogen-bond donors (Lipinski definition) is 2. The number of hydrogen-bond acceptors (Lipinski definition) is 3. The van der Waals surface area contributed by atoms with Crippen LogP contribution in [0.4, 0.5) is 4.79 Å². The van der Waals surface area contributed by atoms with Crippen LogP contribution >= 0.6 is 0 Å². The molecule has 14 heavy (non-hydrogen) atoms. The maximum Gasteiger partial charge on any atom is 0.328 e. The van der Waals surface area contributed by atoms with Gasteiger partial charge in [0, 0.05) is 6.04 Å². The van der Waals surface area contributed by atoms with Gasteiger partial charge >= 0.3 is 6.03 Å². The van der Waals surface area contributed by atoms with Gasteiger partial charge in [-0.2, -0.15) is 0 Å². The third-order valence-electron chi connectivity index (χ3n) is 2.22. The first-order chi connectivity index (χ1) is 6.47. The summed E-state index contributed by atoms with van der Waals surface area (Å²) in [5.74, 6) is 0. The predicted molar refractivity (Wildman–Crippen MR) is 53.4 cm³/mol.